The van der Waals surface area contributed by atoms with Crippen molar-refractivity contribution in [3.8, 4) is 12.3 Å². The highest BCUT2D eigenvalue weighted by Crippen LogP contribution is 1.99. The number of terminal acetylenes is 1. The summed E-state index contributed by atoms with van der Waals surface area (Å²) in [6.45, 7) is 0.531. The first-order chi connectivity index (χ1) is 6.33. The van der Waals surface area contributed by atoms with Crippen molar-refractivity contribution in [2.45, 2.75) is 0 Å². The second-order valence-electron chi connectivity index (χ2n) is 2.24. The maximum atomic E-state index is 11.1. The zero-order valence-electron chi connectivity index (χ0n) is 6.91. The van der Waals surface area contributed by atoms with Crippen LogP contribution in [0.25, 0.3) is 0 Å². The van der Waals surface area contributed by atoms with Crippen LogP contribution >= 0.6 is 0 Å². The second kappa shape index (κ2) is 4.95. The summed E-state index contributed by atoms with van der Waals surface area (Å²) < 4.78 is 4.52. The third-order valence-electron chi connectivity index (χ3n) is 1.22. The molecule has 0 saturated carbocycles. The summed E-state index contributed by atoms with van der Waals surface area (Å²) in [6, 6.07) is 1.55. The van der Waals surface area contributed by atoms with Gasteiger partial charge in [0, 0.05) is 6.07 Å². The zero-order valence-corrected chi connectivity index (χ0v) is 6.91. The lowest BCUT2D eigenvalue weighted by Gasteiger charge is -1.99. The fraction of sp³-hybridized carbons (Fsp3) is 0.250. The van der Waals surface area contributed by atoms with Gasteiger partial charge in [-0.05, 0) is 0 Å². The molecule has 13 heavy (non-hydrogen) atoms. The van der Waals surface area contributed by atoms with Gasteiger partial charge in [0.15, 0.2) is 5.82 Å². The van der Waals surface area contributed by atoms with Crippen molar-refractivity contribution in [1.29, 1.82) is 0 Å². The van der Waals surface area contributed by atoms with Crippen LogP contribution in [0.3, 0.4) is 0 Å². The topological polar surface area (TPSA) is 67.2 Å². The lowest BCUT2D eigenvalue weighted by Crippen LogP contribution is -2.28. The van der Waals surface area contributed by atoms with E-state index in [0.29, 0.717) is 12.4 Å². The van der Waals surface area contributed by atoms with Crippen LogP contribution in [0.4, 0.5) is 5.82 Å². The molecule has 0 fully saturated rings. The highest BCUT2D eigenvalue weighted by Gasteiger charge is 2.02. The van der Waals surface area contributed by atoms with Crippen molar-refractivity contribution in [3.63, 3.8) is 0 Å². The number of nitrogens with one attached hydrogen (secondary N) is 2. The Kier molecular flexibility index (Phi) is 3.54. The summed E-state index contributed by atoms with van der Waals surface area (Å²) in [6.07, 6.45) is 6.36. The maximum absolute atomic E-state index is 11.1. The van der Waals surface area contributed by atoms with Gasteiger partial charge >= 0.3 is 0 Å². The van der Waals surface area contributed by atoms with Crippen LogP contribution in [0.1, 0.15) is 0 Å². The predicted molar refractivity (Wildman–Crippen MR) is 46.8 cm³/mol. The number of amides is 1. The molecule has 1 heterocycles. The van der Waals surface area contributed by atoms with E-state index in [1.807, 2.05) is 0 Å². The zero-order chi connectivity index (χ0) is 9.52. The lowest BCUT2D eigenvalue weighted by molar-refractivity contribution is -0.115. The molecule has 0 aromatic carbocycles. The third kappa shape index (κ3) is 3.40. The molecule has 0 bridgehead atoms. The Morgan fingerprint density at radius 3 is 3.23 bits per heavy atom. The molecule has 5 nitrogen and oxygen atoms in total. The van der Waals surface area contributed by atoms with Crippen LogP contribution in [0, 0.1) is 12.3 Å². The Balaban J connectivity index is 2.23. The van der Waals surface area contributed by atoms with Crippen LogP contribution < -0.4 is 10.6 Å². The van der Waals surface area contributed by atoms with Gasteiger partial charge in [0.05, 0.1) is 13.1 Å². The van der Waals surface area contributed by atoms with Gasteiger partial charge < -0.3 is 9.84 Å². The number of nitrogens with zero attached hydrogens (tertiary/aromatic N) is 1. The van der Waals surface area contributed by atoms with Crippen molar-refractivity contribution >= 4 is 11.7 Å². The van der Waals surface area contributed by atoms with Crippen molar-refractivity contribution < 1.29 is 9.32 Å². The van der Waals surface area contributed by atoms with Gasteiger partial charge in [0.1, 0.15) is 6.26 Å². The average Bonchev–Trinajstić information content (AvgIpc) is 2.57. The average molecular weight is 179 g/mol. The fourth-order valence-electron chi connectivity index (χ4n) is 0.712. The summed E-state index contributed by atoms with van der Waals surface area (Å²) in [4.78, 5) is 11.1. The second-order valence-corrected chi connectivity index (χ2v) is 2.24. The van der Waals surface area contributed by atoms with Crippen molar-refractivity contribution in [2.75, 3.05) is 18.4 Å². The predicted octanol–water partition coefficient (Wildman–Crippen LogP) is -0.164. The van der Waals surface area contributed by atoms with E-state index in [2.05, 4.69) is 26.2 Å². The molecule has 1 aromatic heterocycles. The maximum Gasteiger partial charge on any atom is 0.239 e. The molecule has 1 rings (SSSR count). The first kappa shape index (κ1) is 9.29. The number of anilines is 1. The van der Waals surface area contributed by atoms with E-state index in [1.54, 1.807) is 6.07 Å². The van der Waals surface area contributed by atoms with Gasteiger partial charge in [0.25, 0.3) is 0 Å². The molecule has 0 aliphatic heterocycles. The minimum atomic E-state index is -0.204. The molecule has 5 heteroatoms. The SMILES string of the molecule is C#CCNCC(=O)Nc1ccon1. The Morgan fingerprint density at radius 2 is 2.62 bits per heavy atom. The number of rotatable bonds is 4. The Bertz CT molecular complexity index is 300. The van der Waals surface area contributed by atoms with E-state index in [1.165, 1.54) is 6.26 Å². The molecule has 0 spiro atoms. The molecule has 1 amide bonds. The van der Waals surface area contributed by atoms with Gasteiger partial charge in [-0.15, -0.1) is 6.42 Å². The smallest absolute Gasteiger partial charge is 0.239 e. The highest BCUT2D eigenvalue weighted by molar-refractivity contribution is 5.91. The molecule has 0 aliphatic carbocycles. The standard InChI is InChI=1S/C8H9N3O2/c1-2-4-9-6-8(12)10-7-3-5-13-11-7/h1,3,5,9H,4,6H2,(H,10,11,12). The molecule has 1 aromatic rings. The molecular weight excluding hydrogens is 170 g/mol. The molecule has 68 valence electrons. The van der Waals surface area contributed by atoms with E-state index < -0.39 is 0 Å². The van der Waals surface area contributed by atoms with Crippen molar-refractivity contribution in [1.82, 2.24) is 10.5 Å². The van der Waals surface area contributed by atoms with Crippen LogP contribution in [0.15, 0.2) is 16.9 Å². The van der Waals surface area contributed by atoms with E-state index in [4.69, 9.17) is 6.42 Å². The van der Waals surface area contributed by atoms with Gasteiger partial charge in [-0.3, -0.25) is 10.1 Å². The van der Waals surface area contributed by atoms with Crippen LogP contribution in [0.5, 0.6) is 0 Å². The van der Waals surface area contributed by atoms with Gasteiger partial charge in [-0.2, -0.15) is 0 Å². The normalized spacial score (nSPS) is 9.15. The number of hydrogen-bond acceptors (Lipinski definition) is 4. The highest BCUT2D eigenvalue weighted by atomic mass is 16.5. The van der Waals surface area contributed by atoms with Crippen LogP contribution in [-0.4, -0.2) is 24.2 Å². The first-order valence-corrected chi connectivity index (χ1v) is 3.67. The van der Waals surface area contributed by atoms with E-state index in [-0.39, 0.29) is 12.5 Å². The summed E-state index contributed by atoms with van der Waals surface area (Å²) in [5.74, 6) is 2.55. The first-order valence-electron chi connectivity index (χ1n) is 3.67. The fourth-order valence-corrected chi connectivity index (χ4v) is 0.712. The molecule has 0 radical (unpaired) electrons. The quantitative estimate of drug-likeness (QED) is 0.497. The Labute approximate surface area is 75.5 Å². The van der Waals surface area contributed by atoms with E-state index >= 15 is 0 Å². The molecule has 2 N–H and O–H groups in total. The molecule has 0 atom stereocenters. The van der Waals surface area contributed by atoms with Crippen LogP contribution in [-0.2, 0) is 4.79 Å². The summed E-state index contributed by atoms with van der Waals surface area (Å²) in [7, 11) is 0. The number of carbonyl (C=O) groups is 1. The number of carbonyl (C=O) groups excluding carboxylic acids is 1. The molecule has 0 saturated heterocycles. The van der Waals surface area contributed by atoms with Gasteiger partial charge in [-0.1, -0.05) is 11.1 Å². The van der Waals surface area contributed by atoms with Crippen molar-refractivity contribution in [3.05, 3.63) is 12.3 Å². The molecular formula is C8H9N3O2. The number of hydrogen-bond donors (Lipinski definition) is 2. The monoisotopic (exact) mass is 179 g/mol. The minimum absolute atomic E-state index is 0.164. The van der Waals surface area contributed by atoms with E-state index in [9.17, 15) is 4.79 Å². The third-order valence-corrected chi connectivity index (χ3v) is 1.22. The summed E-state index contributed by atoms with van der Waals surface area (Å²) in [5.41, 5.74) is 0. The van der Waals surface area contributed by atoms with Crippen molar-refractivity contribution in [2.24, 2.45) is 0 Å². The number of aromatic nitrogens is 1. The Hall–Kier alpha value is -1.80. The van der Waals surface area contributed by atoms with Gasteiger partial charge in [-0.25, -0.2) is 0 Å². The Morgan fingerprint density at radius 1 is 1.77 bits per heavy atom. The van der Waals surface area contributed by atoms with Gasteiger partial charge in [0.2, 0.25) is 5.91 Å². The largest absolute Gasteiger partial charge is 0.363 e. The summed E-state index contributed by atoms with van der Waals surface area (Å²) in [5, 5.41) is 8.76. The van der Waals surface area contributed by atoms with E-state index in [0.717, 1.165) is 0 Å². The lowest BCUT2D eigenvalue weighted by atomic mass is 10.5. The van der Waals surface area contributed by atoms with Crippen LogP contribution in [0.2, 0.25) is 0 Å². The minimum Gasteiger partial charge on any atom is -0.363 e. The molecule has 0 aliphatic rings. The molecule has 0 unspecified atom stereocenters. The summed E-state index contributed by atoms with van der Waals surface area (Å²) >= 11 is 0.